The average Bonchev–Trinajstić information content (AvgIpc) is 2.15. The minimum absolute atomic E-state index is 0.0757. The Balaban J connectivity index is 4.44. The lowest BCUT2D eigenvalue weighted by molar-refractivity contribution is -0.143. The number of carbonyl (C=O) groups is 1. The molecule has 76 valence electrons. The van der Waals surface area contributed by atoms with Crippen molar-refractivity contribution in [2.24, 2.45) is 5.92 Å². The van der Waals surface area contributed by atoms with Crippen LogP contribution >= 0.6 is 0 Å². The van der Waals surface area contributed by atoms with Gasteiger partial charge in [0.15, 0.2) is 0 Å². The third-order valence-corrected chi connectivity index (χ3v) is 2.24. The molecule has 0 radical (unpaired) electrons. The van der Waals surface area contributed by atoms with E-state index in [0.717, 1.165) is 0 Å². The van der Waals surface area contributed by atoms with Gasteiger partial charge in [-0.15, -0.1) is 0 Å². The van der Waals surface area contributed by atoms with E-state index in [1.807, 2.05) is 12.1 Å². The molecular formula is C9H13N3O2. The number of hydrogen-bond donors (Lipinski definition) is 1. The van der Waals surface area contributed by atoms with Crippen LogP contribution in [-0.2, 0) is 4.79 Å². The topological polar surface area (TPSA) is 88.1 Å². The van der Waals surface area contributed by atoms with E-state index in [1.165, 1.54) is 0 Å². The van der Waals surface area contributed by atoms with Crippen LogP contribution in [0.15, 0.2) is 0 Å². The highest BCUT2D eigenvalue weighted by Gasteiger charge is 2.24. The third kappa shape index (κ3) is 3.42. The van der Waals surface area contributed by atoms with Gasteiger partial charge in [0.25, 0.3) is 0 Å². The Morgan fingerprint density at radius 3 is 2.07 bits per heavy atom. The van der Waals surface area contributed by atoms with E-state index in [-0.39, 0.29) is 19.1 Å². The van der Waals surface area contributed by atoms with E-state index >= 15 is 0 Å². The van der Waals surface area contributed by atoms with Crippen molar-refractivity contribution in [1.29, 1.82) is 10.5 Å². The van der Waals surface area contributed by atoms with Gasteiger partial charge in [-0.3, -0.25) is 9.69 Å². The molecule has 0 saturated carbocycles. The van der Waals surface area contributed by atoms with Crippen LogP contribution < -0.4 is 0 Å². The molecule has 5 nitrogen and oxygen atoms in total. The van der Waals surface area contributed by atoms with E-state index in [9.17, 15) is 4.79 Å². The molecule has 0 fully saturated rings. The molecule has 0 rings (SSSR count). The first-order chi connectivity index (χ1) is 6.54. The Bertz CT molecular complexity index is 261. The molecule has 5 heteroatoms. The maximum atomic E-state index is 10.7. The first-order valence-electron chi connectivity index (χ1n) is 4.25. The van der Waals surface area contributed by atoms with Crippen molar-refractivity contribution in [2.75, 3.05) is 13.1 Å². The van der Waals surface area contributed by atoms with E-state index in [4.69, 9.17) is 15.6 Å². The predicted octanol–water partition coefficient (Wildman–Crippen LogP) is 0.445. The molecule has 0 aliphatic heterocycles. The van der Waals surface area contributed by atoms with Gasteiger partial charge < -0.3 is 5.11 Å². The molecule has 0 spiro atoms. The van der Waals surface area contributed by atoms with Gasteiger partial charge in [-0.1, -0.05) is 6.92 Å². The van der Waals surface area contributed by atoms with Crippen LogP contribution in [0, 0.1) is 28.6 Å². The molecule has 0 aromatic heterocycles. The fraction of sp³-hybridized carbons (Fsp3) is 0.667. The number of nitrogens with zero attached hydrogens (tertiary/aromatic N) is 3. The number of nitriles is 2. The third-order valence-electron chi connectivity index (χ3n) is 2.24. The zero-order valence-electron chi connectivity index (χ0n) is 8.27. The minimum Gasteiger partial charge on any atom is -0.481 e. The minimum atomic E-state index is -0.918. The maximum absolute atomic E-state index is 10.7. The molecule has 2 atom stereocenters. The van der Waals surface area contributed by atoms with Crippen molar-refractivity contribution >= 4 is 5.97 Å². The normalized spacial score (nSPS) is 14.1. The molecule has 0 aromatic rings. The molecule has 0 heterocycles. The largest absolute Gasteiger partial charge is 0.481 e. The molecule has 1 N–H and O–H groups in total. The van der Waals surface area contributed by atoms with Crippen LogP contribution in [0.4, 0.5) is 0 Å². The summed E-state index contributed by atoms with van der Waals surface area (Å²) >= 11 is 0. The number of carboxylic acids is 1. The molecule has 0 bridgehead atoms. The fourth-order valence-corrected chi connectivity index (χ4v) is 1.05. The van der Waals surface area contributed by atoms with Crippen LogP contribution in [0.2, 0.25) is 0 Å². The van der Waals surface area contributed by atoms with E-state index in [1.54, 1.807) is 18.7 Å². The molecule has 0 aromatic carbocycles. The highest BCUT2D eigenvalue weighted by Crippen LogP contribution is 2.10. The maximum Gasteiger partial charge on any atom is 0.307 e. The zero-order valence-corrected chi connectivity index (χ0v) is 8.27. The van der Waals surface area contributed by atoms with Gasteiger partial charge in [0.05, 0.1) is 31.1 Å². The SMILES string of the molecule is CC(C(=O)O)C(C)N(CC#N)CC#N. The zero-order chi connectivity index (χ0) is 11.1. The Kier molecular flexibility index (Phi) is 5.28. The highest BCUT2D eigenvalue weighted by atomic mass is 16.4. The summed E-state index contributed by atoms with van der Waals surface area (Å²) in [6, 6.07) is 3.51. The van der Waals surface area contributed by atoms with Crippen molar-refractivity contribution in [2.45, 2.75) is 19.9 Å². The first kappa shape index (κ1) is 12.4. The number of hydrogen-bond acceptors (Lipinski definition) is 4. The van der Waals surface area contributed by atoms with Gasteiger partial charge in [-0.2, -0.15) is 10.5 Å². The summed E-state index contributed by atoms with van der Waals surface area (Å²) in [7, 11) is 0. The lowest BCUT2D eigenvalue weighted by atomic mass is 10.0. The number of carboxylic acid groups (broad SMARTS) is 1. The lowest BCUT2D eigenvalue weighted by Gasteiger charge is -2.26. The first-order valence-corrected chi connectivity index (χ1v) is 4.25. The van der Waals surface area contributed by atoms with Gasteiger partial charge in [-0.05, 0) is 6.92 Å². The summed E-state index contributed by atoms with van der Waals surface area (Å²) in [4.78, 5) is 12.2. The number of aliphatic carboxylic acids is 1. The van der Waals surface area contributed by atoms with E-state index in [2.05, 4.69) is 0 Å². The molecule has 14 heavy (non-hydrogen) atoms. The summed E-state index contributed by atoms with van der Waals surface area (Å²) in [6.07, 6.45) is 0. The van der Waals surface area contributed by atoms with Crippen molar-refractivity contribution in [3.8, 4) is 12.1 Å². The molecule has 2 unspecified atom stereocenters. The fourth-order valence-electron chi connectivity index (χ4n) is 1.05. The Hall–Kier alpha value is -1.59. The standard InChI is InChI=1S/C9H13N3O2/c1-7(9(13)14)8(2)12(5-3-10)6-4-11/h7-8H,5-6H2,1-2H3,(H,13,14). The van der Waals surface area contributed by atoms with E-state index in [0.29, 0.717) is 0 Å². The second-order valence-electron chi connectivity index (χ2n) is 3.09. The van der Waals surface area contributed by atoms with Crippen molar-refractivity contribution < 1.29 is 9.90 Å². The monoisotopic (exact) mass is 195 g/mol. The summed E-state index contributed by atoms with van der Waals surface area (Å²) in [5.41, 5.74) is 0. The second kappa shape index (κ2) is 5.95. The Morgan fingerprint density at radius 1 is 1.36 bits per heavy atom. The van der Waals surface area contributed by atoms with Crippen molar-refractivity contribution in [1.82, 2.24) is 4.90 Å². The van der Waals surface area contributed by atoms with Gasteiger partial charge >= 0.3 is 5.97 Å². The van der Waals surface area contributed by atoms with Crippen molar-refractivity contribution in [3.63, 3.8) is 0 Å². The Labute approximate surface area is 83.2 Å². The molecular weight excluding hydrogens is 182 g/mol. The second-order valence-corrected chi connectivity index (χ2v) is 3.09. The van der Waals surface area contributed by atoms with Crippen LogP contribution in [-0.4, -0.2) is 35.1 Å². The van der Waals surface area contributed by atoms with Gasteiger partial charge in [0, 0.05) is 6.04 Å². The van der Waals surface area contributed by atoms with Gasteiger partial charge in [-0.25, -0.2) is 0 Å². The summed E-state index contributed by atoms with van der Waals surface area (Å²) in [5, 5.41) is 25.7. The molecule has 0 aliphatic carbocycles. The van der Waals surface area contributed by atoms with Crippen LogP contribution in [0.1, 0.15) is 13.8 Å². The molecule has 0 aliphatic rings. The van der Waals surface area contributed by atoms with Crippen molar-refractivity contribution in [3.05, 3.63) is 0 Å². The summed E-state index contributed by atoms with van der Waals surface area (Å²) < 4.78 is 0. The predicted molar refractivity (Wildman–Crippen MR) is 49.1 cm³/mol. The smallest absolute Gasteiger partial charge is 0.307 e. The van der Waals surface area contributed by atoms with Gasteiger partial charge in [0.2, 0.25) is 0 Å². The van der Waals surface area contributed by atoms with Crippen LogP contribution in [0.3, 0.4) is 0 Å². The summed E-state index contributed by atoms with van der Waals surface area (Å²) in [5.74, 6) is -1.50. The van der Waals surface area contributed by atoms with Gasteiger partial charge in [0.1, 0.15) is 0 Å². The molecule has 0 saturated heterocycles. The Morgan fingerprint density at radius 2 is 1.79 bits per heavy atom. The summed E-state index contributed by atoms with van der Waals surface area (Å²) in [6.45, 7) is 3.42. The van der Waals surface area contributed by atoms with E-state index < -0.39 is 11.9 Å². The van der Waals surface area contributed by atoms with Crippen LogP contribution in [0.5, 0.6) is 0 Å². The highest BCUT2D eigenvalue weighted by molar-refractivity contribution is 5.70. The molecule has 0 amide bonds. The average molecular weight is 195 g/mol. The number of rotatable bonds is 5. The van der Waals surface area contributed by atoms with Crippen LogP contribution in [0.25, 0.3) is 0 Å². The lowest BCUT2D eigenvalue weighted by Crippen LogP contribution is -2.41. The quantitative estimate of drug-likeness (QED) is 0.643.